The van der Waals surface area contributed by atoms with E-state index in [0.29, 0.717) is 57.4 Å². The average Bonchev–Trinajstić information content (AvgIpc) is 3.57. The Balaban J connectivity index is 1.18. The van der Waals surface area contributed by atoms with E-state index in [1.165, 1.54) is 6.26 Å². The fourth-order valence-electron chi connectivity index (χ4n) is 4.75. The lowest BCUT2D eigenvalue weighted by molar-refractivity contribution is -0.139. The van der Waals surface area contributed by atoms with Crippen molar-refractivity contribution < 1.29 is 18.5 Å². The smallest absolute Gasteiger partial charge is 0.290 e. The topological polar surface area (TPSA) is 95.9 Å². The molecule has 0 aliphatic carbocycles. The lowest BCUT2D eigenvalue weighted by Gasteiger charge is -2.40. The van der Waals surface area contributed by atoms with E-state index in [0.717, 1.165) is 24.0 Å². The third kappa shape index (κ3) is 4.61. The molecule has 1 aromatic carbocycles. The zero-order valence-corrected chi connectivity index (χ0v) is 19.4. The van der Waals surface area contributed by atoms with E-state index in [-0.39, 0.29) is 17.6 Å². The molecule has 9 nitrogen and oxygen atoms in total. The fourth-order valence-corrected chi connectivity index (χ4v) is 4.75. The third-order valence-electron chi connectivity index (χ3n) is 6.68. The van der Waals surface area contributed by atoms with E-state index in [9.17, 15) is 9.59 Å². The molecule has 2 aliphatic heterocycles. The SMILES string of the molecule is Cc1ccccc1-c1noc(CN2CCN(C(=O)C3CCCCN3C(=O)c3ccco3)CC2)n1. The molecule has 3 aromatic rings. The van der Waals surface area contributed by atoms with Crippen LogP contribution in [-0.4, -0.2) is 75.4 Å². The lowest BCUT2D eigenvalue weighted by atomic mass is 10.00. The van der Waals surface area contributed by atoms with Crippen LogP contribution in [0.2, 0.25) is 0 Å². The van der Waals surface area contributed by atoms with Crippen molar-refractivity contribution in [3.05, 3.63) is 59.9 Å². The minimum atomic E-state index is -0.425. The molecule has 4 heterocycles. The monoisotopic (exact) mass is 463 g/mol. The Hall–Kier alpha value is -3.46. The number of aryl methyl sites for hydroxylation is 1. The van der Waals surface area contributed by atoms with Gasteiger partial charge in [0, 0.05) is 38.3 Å². The number of amides is 2. The molecule has 2 amide bonds. The van der Waals surface area contributed by atoms with Crippen molar-refractivity contribution in [3.63, 3.8) is 0 Å². The van der Waals surface area contributed by atoms with Gasteiger partial charge in [-0.1, -0.05) is 29.4 Å². The van der Waals surface area contributed by atoms with Crippen LogP contribution in [-0.2, 0) is 11.3 Å². The van der Waals surface area contributed by atoms with Gasteiger partial charge in [0.05, 0.1) is 12.8 Å². The van der Waals surface area contributed by atoms with E-state index in [1.807, 2.05) is 36.1 Å². The van der Waals surface area contributed by atoms with Crippen molar-refractivity contribution in [2.45, 2.75) is 38.8 Å². The molecule has 1 atom stereocenters. The predicted molar refractivity (Wildman–Crippen MR) is 124 cm³/mol. The number of hydrogen-bond donors (Lipinski definition) is 0. The Morgan fingerprint density at radius 3 is 2.62 bits per heavy atom. The summed E-state index contributed by atoms with van der Waals surface area (Å²) in [4.78, 5) is 36.5. The molecule has 0 N–H and O–H groups in total. The highest BCUT2D eigenvalue weighted by Gasteiger charge is 2.37. The maximum absolute atomic E-state index is 13.3. The molecule has 9 heteroatoms. The highest BCUT2D eigenvalue weighted by Crippen LogP contribution is 2.23. The van der Waals surface area contributed by atoms with Gasteiger partial charge in [0.1, 0.15) is 6.04 Å². The number of furan rings is 1. The first kappa shape index (κ1) is 22.3. The summed E-state index contributed by atoms with van der Waals surface area (Å²) in [6, 6.07) is 10.9. The number of nitrogens with zero attached hydrogens (tertiary/aromatic N) is 5. The van der Waals surface area contributed by atoms with Crippen molar-refractivity contribution in [3.8, 4) is 11.4 Å². The molecule has 1 unspecified atom stereocenters. The molecule has 0 saturated carbocycles. The zero-order chi connectivity index (χ0) is 23.5. The number of benzene rings is 1. The number of aromatic nitrogens is 2. The normalized spacial score (nSPS) is 19.4. The van der Waals surface area contributed by atoms with Gasteiger partial charge in [-0.2, -0.15) is 4.98 Å². The quantitative estimate of drug-likeness (QED) is 0.574. The Labute approximate surface area is 198 Å². The second kappa shape index (κ2) is 9.80. The molecular weight excluding hydrogens is 434 g/mol. The van der Waals surface area contributed by atoms with Gasteiger partial charge in [0.2, 0.25) is 17.6 Å². The number of carbonyl (C=O) groups excluding carboxylic acids is 2. The van der Waals surface area contributed by atoms with Gasteiger partial charge in [-0.3, -0.25) is 14.5 Å². The lowest BCUT2D eigenvalue weighted by Crippen LogP contribution is -2.57. The molecule has 5 rings (SSSR count). The minimum absolute atomic E-state index is 0.0267. The minimum Gasteiger partial charge on any atom is -0.459 e. The number of piperazine rings is 1. The molecule has 178 valence electrons. The molecule has 0 bridgehead atoms. The number of carbonyl (C=O) groups is 2. The highest BCUT2D eigenvalue weighted by atomic mass is 16.5. The van der Waals surface area contributed by atoms with Crippen LogP contribution in [0.5, 0.6) is 0 Å². The van der Waals surface area contributed by atoms with Crippen LogP contribution >= 0.6 is 0 Å². The standard InChI is InChI=1S/C25H29N5O4/c1-18-7-2-3-8-19(18)23-26-22(34-27-23)17-28-12-14-29(15-13-28)24(31)20-9-4-5-11-30(20)25(32)21-10-6-16-33-21/h2-3,6-8,10,16,20H,4-5,9,11-15,17H2,1H3. The molecule has 2 aromatic heterocycles. The second-order valence-corrected chi connectivity index (χ2v) is 8.92. The van der Waals surface area contributed by atoms with Crippen molar-refractivity contribution in [2.24, 2.45) is 0 Å². The van der Waals surface area contributed by atoms with E-state index >= 15 is 0 Å². The molecule has 2 fully saturated rings. The summed E-state index contributed by atoms with van der Waals surface area (Å²) in [5, 5.41) is 4.14. The summed E-state index contributed by atoms with van der Waals surface area (Å²) in [5.74, 6) is 1.27. The average molecular weight is 464 g/mol. The second-order valence-electron chi connectivity index (χ2n) is 8.92. The summed E-state index contributed by atoms with van der Waals surface area (Å²) >= 11 is 0. The summed E-state index contributed by atoms with van der Waals surface area (Å²) in [6.45, 7) is 5.80. The van der Waals surface area contributed by atoms with E-state index in [4.69, 9.17) is 8.94 Å². The van der Waals surface area contributed by atoms with Gasteiger partial charge < -0.3 is 18.7 Å². The van der Waals surface area contributed by atoms with Crippen molar-refractivity contribution in [2.75, 3.05) is 32.7 Å². The summed E-state index contributed by atoms with van der Waals surface area (Å²) in [7, 11) is 0. The van der Waals surface area contributed by atoms with Crippen LogP contribution in [0.3, 0.4) is 0 Å². The van der Waals surface area contributed by atoms with Crippen molar-refractivity contribution in [1.82, 2.24) is 24.8 Å². The van der Waals surface area contributed by atoms with Gasteiger partial charge in [0.25, 0.3) is 5.91 Å². The number of likely N-dealkylation sites (tertiary alicyclic amines) is 1. The Morgan fingerprint density at radius 1 is 1.03 bits per heavy atom. The molecule has 2 aliphatic rings. The largest absolute Gasteiger partial charge is 0.459 e. The fraction of sp³-hybridized carbons (Fsp3) is 0.440. The third-order valence-corrected chi connectivity index (χ3v) is 6.68. The zero-order valence-electron chi connectivity index (χ0n) is 19.4. The van der Waals surface area contributed by atoms with Gasteiger partial charge in [0.15, 0.2) is 5.76 Å². The van der Waals surface area contributed by atoms with E-state index < -0.39 is 6.04 Å². The number of piperidine rings is 1. The predicted octanol–water partition coefficient (Wildman–Crippen LogP) is 2.98. The van der Waals surface area contributed by atoms with Gasteiger partial charge in [-0.05, 0) is 43.9 Å². The Morgan fingerprint density at radius 2 is 1.85 bits per heavy atom. The number of rotatable bonds is 5. The highest BCUT2D eigenvalue weighted by molar-refractivity contribution is 5.95. The summed E-state index contributed by atoms with van der Waals surface area (Å²) in [6.07, 6.45) is 4.02. The molecular formula is C25H29N5O4. The van der Waals surface area contributed by atoms with Crippen LogP contribution in [0.1, 0.15) is 41.3 Å². The first-order chi connectivity index (χ1) is 16.6. The molecule has 0 spiro atoms. The molecule has 2 saturated heterocycles. The van der Waals surface area contributed by atoms with Crippen LogP contribution in [0.4, 0.5) is 0 Å². The van der Waals surface area contributed by atoms with Gasteiger partial charge in [-0.15, -0.1) is 0 Å². The Kier molecular flexibility index (Phi) is 6.44. The van der Waals surface area contributed by atoms with Crippen molar-refractivity contribution >= 4 is 11.8 Å². The first-order valence-corrected chi connectivity index (χ1v) is 11.8. The van der Waals surface area contributed by atoms with Crippen molar-refractivity contribution in [1.29, 1.82) is 0 Å². The van der Waals surface area contributed by atoms with Gasteiger partial charge >= 0.3 is 0 Å². The van der Waals surface area contributed by atoms with Crippen LogP contribution in [0, 0.1) is 6.92 Å². The summed E-state index contributed by atoms with van der Waals surface area (Å²) < 4.78 is 10.8. The number of hydrogen-bond acceptors (Lipinski definition) is 7. The van der Waals surface area contributed by atoms with E-state index in [2.05, 4.69) is 15.0 Å². The van der Waals surface area contributed by atoms with Crippen LogP contribution in [0.25, 0.3) is 11.4 Å². The van der Waals surface area contributed by atoms with Crippen LogP contribution in [0.15, 0.2) is 51.6 Å². The maximum atomic E-state index is 13.3. The van der Waals surface area contributed by atoms with Gasteiger partial charge in [-0.25, -0.2) is 0 Å². The van der Waals surface area contributed by atoms with E-state index in [1.54, 1.807) is 17.0 Å². The van der Waals surface area contributed by atoms with Crippen LogP contribution < -0.4 is 0 Å². The molecule has 0 radical (unpaired) electrons. The Bertz CT molecular complexity index is 1130. The maximum Gasteiger partial charge on any atom is 0.290 e. The first-order valence-electron chi connectivity index (χ1n) is 11.8. The summed E-state index contributed by atoms with van der Waals surface area (Å²) in [5.41, 5.74) is 2.07. The molecule has 34 heavy (non-hydrogen) atoms.